The van der Waals surface area contributed by atoms with Crippen LogP contribution in [0.15, 0.2) is 24.3 Å². The molecule has 0 unspecified atom stereocenters. The van der Waals surface area contributed by atoms with Gasteiger partial charge in [-0.25, -0.2) is 0 Å². The van der Waals surface area contributed by atoms with E-state index in [1.54, 1.807) is 12.1 Å². The SMILES string of the molecule is Cl.O=C(c1ccc(O)cc1)N1CCNCC1. The van der Waals surface area contributed by atoms with Gasteiger partial charge < -0.3 is 15.3 Å². The van der Waals surface area contributed by atoms with Gasteiger partial charge in [0.1, 0.15) is 5.75 Å². The van der Waals surface area contributed by atoms with Gasteiger partial charge in [-0.2, -0.15) is 0 Å². The largest absolute Gasteiger partial charge is 0.508 e. The molecule has 2 rings (SSSR count). The van der Waals surface area contributed by atoms with E-state index < -0.39 is 0 Å². The highest BCUT2D eigenvalue weighted by atomic mass is 35.5. The first kappa shape index (κ1) is 12.8. The van der Waals surface area contributed by atoms with Crippen molar-refractivity contribution in [2.75, 3.05) is 26.2 Å². The Kier molecular flexibility index (Phi) is 4.58. The molecule has 1 aliphatic heterocycles. The molecule has 1 amide bonds. The molecule has 1 fully saturated rings. The van der Waals surface area contributed by atoms with Crippen LogP contribution in [0.2, 0.25) is 0 Å². The van der Waals surface area contributed by atoms with E-state index in [-0.39, 0.29) is 24.1 Å². The summed E-state index contributed by atoms with van der Waals surface area (Å²) in [5.74, 6) is 0.225. The molecule has 1 aromatic carbocycles. The minimum Gasteiger partial charge on any atom is -0.508 e. The maximum absolute atomic E-state index is 11.9. The quantitative estimate of drug-likeness (QED) is 0.768. The van der Waals surface area contributed by atoms with Crippen LogP contribution in [0.25, 0.3) is 0 Å². The minimum absolute atomic E-state index is 0. The molecule has 0 aromatic heterocycles. The maximum Gasteiger partial charge on any atom is 0.253 e. The number of rotatable bonds is 1. The second kappa shape index (κ2) is 5.72. The molecule has 0 bridgehead atoms. The molecule has 5 heteroatoms. The Labute approximate surface area is 101 Å². The summed E-state index contributed by atoms with van der Waals surface area (Å²) in [7, 11) is 0. The third-order valence-corrected chi connectivity index (χ3v) is 2.52. The number of aromatic hydroxyl groups is 1. The van der Waals surface area contributed by atoms with Crippen LogP contribution in [-0.4, -0.2) is 42.1 Å². The van der Waals surface area contributed by atoms with Gasteiger partial charge in [-0.05, 0) is 24.3 Å². The highest BCUT2D eigenvalue weighted by molar-refractivity contribution is 5.94. The van der Waals surface area contributed by atoms with E-state index in [1.807, 2.05) is 4.90 Å². The van der Waals surface area contributed by atoms with E-state index in [9.17, 15) is 4.79 Å². The normalized spacial score (nSPS) is 15.4. The van der Waals surface area contributed by atoms with Crippen molar-refractivity contribution in [1.29, 1.82) is 0 Å². The molecule has 2 N–H and O–H groups in total. The van der Waals surface area contributed by atoms with Crippen LogP contribution < -0.4 is 5.32 Å². The van der Waals surface area contributed by atoms with Crippen LogP contribution >= 0.6 is 12.4 Å². The number of nitrogens with zero attached hydrogens (tertiary/aromatic N) is 1. The summed E-state index contributed by atoms with van der Waals surface area (Å²) < 4.78 is 0. The lowest BCUT2D eigenvalue weighted by Crippen LogP contribution is -2.46. The van der Waals surface area contributed by atoms with Crippen molar-refractivity contribution in [2.45, 2.75) is 0 Å². The Bertz CT molecular complexity index is 348. The number of phenols is 1. The monoisotopic (exact) mass is 242 g/mol. The zero-order valence-corrected chi connectivity index (χ0v) is 9.67. The third-order valence-electron chi connectivity index (χ3n) is 2.52. The molecule has 0 spiro atoms. The molecule has 0 atom stereocenters. The molecule has 1 saturated heterocycles. The van der Waals surface area contributed by atoms with Crippen LogP contribution in [0, 0.1) is 0 Å². The molecule has 0 radical (unpaired) electrons. The van der Waals surface area contributed by atoms with Crippen LogP contribution in [0.5, 0.6) is 5.75 Å². The number of carbonyl (C=O) groups excluding carboxylic acids is 1. The lowest BCUT2D eigenvalue weighted by atomic mass is 10.2. The molecular formula is C11H15ClN2O2. The van der Waals surface area contributed by atoms with Crippen molar-refractivity contribution >= 4 is 18.3 Å². The fourth-order valence-corrected chi connectivity index (χ4v) is 1.65. The van der Waals surface area contributed by atoms with Gasteiger partial charge in [-0.1, -0.05) is 0 Å². The summed E-state index contributed by atoms with van der Waals surface area (Å²) in [4.78, 5) is 13.7. The second-order valence-electron chi connectivity index (χ2n) is 3.59. The van der Waals surface area contributed by atoms with E-state index in [0.29, 0.717) is 5.56 Å². The number of amides is 1. The van der Waals surface area contributed by atoms with Gasteiger partial charge in [0.15, 0.2) is 0 Å². The second-order valence-corrected chi connectivity index (χ2v) is 3.59. The van der Waals surface area contributed by atoms with Gasteiger partial charge in [0.05, 0.1) is 0 Å². The lowest BCUT2D eigenvalue weighted by Gasteiger charge is -2.27. The summed E-state index contributed by atoms with van der Waals surface area (Å²) in [6, 6.07) is 6.38. The predicted octanol–water partition coefficient (Wildman–Crippen LogP) is 0.859. The molecule has 1 aliphatic rings. The van der Waals surface area contributed by atoms with Gasteiger partial charge in [0.2, 0.25) is 0 Å². The van der Waals surface area contributed by atoms with Crippen molar-refractivity contribution in [3.63, 3.8) is 0 Å². The smallest absolute Gasteiger partial charge is 0.253 e. The average molecular weight is 243 g/mol. The Morgan fingerprint density at radius 2 is 1.75 bits per heavy atom. The number of nitrogens with one attached hydrogen (secondary N) is 1. The predicted molar refractivity (Wildman–Crippen MR) is 64.1 cm³/mol. The average Bonchev–Trinajstić information content (AvgIpc) is 2.30. The van der Waals surface area contributed by atoms with Crippen molar-refractivity contribution in [3.8, 4) is 5.75 Å². The van der Waals surface area contributed by atoms with Gasteiger partial charge >= 0.3 is 0 Å². The first-order valence-corrected chi connectivity index (χ1v) is 5.06. The van der Waals surface area contributed by atoms with Crippen molar-refractivity contribution in [2.24, 2.45) is 0 Å². The summed E-state index contributed by atoms with van der Waals surface area (Å²) >= 11 is 0. The molecule has 0 aliphatic carbocycles. The third kappa shape index (κ3) is 2.87. The standard InChI is InChI=1S/C11H14N2O2.ClH/c14-10-3-1-9(2-4-10)11(15)13-7-5-12-6-8-13;/h1-4,12,14H,5-8H2;1H. The Morgan fingerprint density at radius 3 is 2.31 bits per heavy atom. The highest BCUT2D eigenvalue weighted by Crippen LogP contribution is 2.11. The number of benzene rings is 1. The van der Waals surface area contributed by atoms with E-state index in [1.165, 1.54) is 12.1 Å². The summed E-state index contributed by atoms with van der Waals surface area (Å²) in [5.41, 5.74) is 0.634. The number of hydrogen-bond donors (Lipinski definition) is 2. The van der Waals surface area contributed by atoms with Crippen LogP contribution in [-0.2, 0) is 0 Å². The topological polar surface area (TPSA) is 52.6 Å². The molecular weight excluding hydrogens is 228 g/mol. The summed E-state index contributed by atoms with van der Waals surface area (Å²) in [6.45, 7) is 3.20. The molecule has 0 saturated carbocycles. The van der Waals surface area contributed by atoms with Crippen LogP contribution in [0.3, 0.4) is 0 Å². The minimum atomic E-state index is 0. The van der Waals surface area contributed by atoms with Crippen LogP contribution in [0.4, 0.5) is 0 Å². The summed E-state index contributed by atoms with van der Waals surface area (Å²) in [5, 5.41) is 12.3. The van der Waals surface area contributed by atoms with E-state index in [4.69, 9.17) is 5.11 Å². The van der Waals surface area contributed by atoms with Crippen molar-refractivity contribution < 1.29 is 9.90 Å². The molecule has 1 aromatic rings. The lowest BCUT2D eigenvalue weighted by molar-refractivity contribution is 0.0736. The maximum atomic E-state index is 11.9. The Hall–Kier alpha value is -1.26. The number of carbonyl (C=O) groups is 1. The number of hydrogen-bond acceptors (Lipinski definition) is 3. The van der Waals surface area contributed by atoms with E-state index in [0.717, 1.165) is 26.2 Å². The highest BCUT2D eigenvalue weighted by Gasteiger charge is 2.17. The van der Waals surface area contributed by atoms with Gasteiger partial charge in [0, 0.05) is 31.7 Å². The first-order valence-electron chi connectivity index (χ1n) is 5.06. The first-order chi connectivity index (χ1) is 7.27. The Morgan fingerprint density at radius 1 is 1.19 bits per heavy atom. The Balaban J connectivity index is 0.00000128. The number of phenolic OH excluding ortho intramolecular Hbond substituents is 1. The number of halogens is 1. The number of piperazine rings is 1. The fourth-order valence-electron chi connectivity index (χ4n) is 1.65. The molecule has 1 heterocycles. The molecule has 88 valence electrons. The fraction of sp³-hybridized carbons (Fsp3) is 0.364. The van der Waals surface area contributed by atoms with E-state index >= 15 is 0 Å². The molecule has 16 heavy (non-hydrogen) atoms. The van der Waals surface area contributed by atoms with Crippen LogP contribution in [0.1, 0.15) is 10.4 Å². The van der Waals surface area contributed by atoms with Gasteiger partial charge in [-0.15, -0.1) is 12.4 Å². The van der Waals surface area contributed by atoms with Crippen molar-refractivity contribution in [3.05, 3.63) is 29.8 Å². The van der Waals surface area contributed by atoms with Gasteiger partial charge in [0.25, 0.3) is 5.91 Å². The molecule has 4 nitrogen and oxygen atoms in total. The zero-order valence-electron chi connectivity index (χ0n) is 8.85. The zero-order chi connectivity index (χ0) is 10.7. The van der Waals surface area contributed by atoms with Crippen molar-refractivity contribution in [1.82, 2.24) is 10.2 Å². The van der Waals surface area contributed by atoms with Gasteiger partial charge in [-0.3, -0.25) is 4.79 Å². The van der Waals surface area contributed by atoms with E-state index in [2.05, 4.69) is 5.32 Å². The summed E-state index contributed by atoms with van der Waals surface area (Å²) in [6.07, 6.45) is 0.